The van der Waals surface area contributed by atoms with Crippen LogP contribution in [0.5, 0.6) is 5.75 Å². The molecule has 2 heterocycles. The molecule has 0 aliphatic heterocycles. The van der Waals surface area contributed by atoms with Crippen molar-refractivity contribution in [3.8, 4) is 5.75 Å². The van der Waals surface area contributed by atoms with Gasteiger partial charge in [-0.25, -0.2) is 4.79 Å². The monoisotopic (exact) mass is 424 g/mol. The number of carbonyl (C=O) groups excluding carboxylic acids is 1. The normalized spacial score (nSPS) is 10.7. The maximum atomic E-state index is 11.6. The van der Waals surface area contributed by atoms with Gasteiger partial charge in [0.25, 0.3) is 0 Å². The lowest BCUT2D eigenvalue weighted by Crippen LogP contribution is -2.07. The van der Waals surface area contributed by atoms with E-state index in [2.05, 4.69) is 25.3 Å². The van der Waals surface area contributed by atoms with E-state index in [-0.39, 0.29) is 6.61 Å². The molecule has 0 bridgehead atoms. The van der Waals surface area contributed by atoms with Crippen LogP contribution >= 0.6 is 11.6 Å². The minimum atomic E-state index is -0.472. The standard InChI is InChI=1S/C20H17ClN6O3/c1-29-20(28)12-5-6-16(15(22)9-12)30-11-19-25-24-18-8-7-17(26-27(18)19)23-14-4-2-3-13(21)10-14/h2-10H,11,22H2,1H3,(H,23,26). The quantitative estimate of drug-likeness (QED) is 0.357. The molecule has 0 unspecified atom stereocenters. The highest BCUT2D eigenvalue weighted by atomic mass is 35.5. The second-order valence-corrected chi connectivity index (χ2v) is 6.71. The predicted molar refractivity (Wildman–Crippen MR) is 112 cm³/mol. The van der Waals surface area contributed by atoms with Gasteiger partial charge in [0.05, 0.1) is 18.4 Å². The van der Waals surface area contributed by atoms with Crippen molar-refractivity contribution in [1.82, 2.24) is 19.8 Å². The Kier molecular flexibility index (Phi) is 5.36. The van der Waals surface area contributed by atoms with Gasteiger partial charge < -0.3 is 20.5 Å². The van der Waals surface area contributed by atoms with Crippen molar-refractivity contribution in [1.29, 1.82) is 0 Å². The van der Waals surface area contributed by atoms with E-state index in [9.17, 15) is 4.79 Å². The number of nitrogen functional groups attached to an aromatic ring is 1. The Balaban J connectivity index is 1.52. The summed E-state index contributed by atoms with van der Waals surface area (Å²) in [6.07, 6.45) is 0. The SMILES string of the molecule is COC(=O)c1ccc(OCc2nnc3ccc(Nc4cccc(Cl)c4)nn23)c(N)c1. The van der Waals surface area contributed by atoms with Gasteiger partial charge in [0.15, 0.2) is 17.3 Å². The van der Waals surface area contributed by atoms with Gasteiger partial charge in [-0.05, 0) is 48.5 Å². The maximum absolute atomic E-state index is 11.6. The molecule has 0 saturated heterocycles. The number of carbonyl (C=O) groups is 1. The van der Waals surface area contributed by atoms with Crippen LogP contribution < -0.4 is 15.8 Å². The highest BCUT2D eigenvalue weighted by molar-refractivity contribution is 6.30. The van der Waals surface area contributed by atoms with E-state index < -0.39 is 5.97 Å². The number of benzene rings is 2. The Morgan fingerprint density at radius 3 is 2.80 bits per heavy atom. The minimum absolute atomic E-state index is 0.0799. The van der Waals surface area contributed by atoms with Crippen LogP contribution in [-0.2, 0) is 11.3 Å². The van der Waals surface area contributed by atoms with Crippen molar-refractivity contribution in [2.75, 3.05) is 18.2 Å². The number of nitrogens with two attached hydrogens (primary N) is 1. The van der Waals surface area contributed by atoms with Crippen molar-refractivity contribution in [3.63, 3.8) is 0 Å². The third-order valence-electron chi connectivity index (χ3n) is 4.21. The average molecular weight is 425 g/mol. The molecule has 0 aliphatic rings. The van der Waals surface area contributed by atoms with Crippen molar-refractivity contribution in [2.45, 2.75) is 6.61 Å². The van der Waals surface area contributed by atoms with Crippen LogP contribution in [0.15, 0.2) is 54.6 Å². The van der Waals surface area contributed by atoms with E-state index in [4.69, 9.17) is 22.1 Å². The number of anilines is 3. The molecular formula is C20H17ClN6O3. The smallest absolute Gasteiger partial charge is 0.337 e. The van der Waals surface area contributed by atoms with Crippen LogP contribution in [0.4, 0.5) is 17.2 Å². The van der Waals surface area contributed by atoms with Gasteiger partial charge in [-0.1, -0.05) is 17.7 Å². The minimum Gasteiger partial charge on any atom is -0.483 e. The Labute approximate surface area is 176 Å². The zero-order valence-corrected chi connectivity index (χ0v) is 16.6. The van der Waals surface area contributed by atoms with Crippen molar-refractivity contribution in [2.24, 2.45) is 0 Å². The number of ether oxygens (including phenoxy) is 2. The van der Waals surface area contributed by atoms with Crippen molar-refractivity contribution >= 4 is 40.4 Å². The zero-order chi connectivity index (χ0) is 21.1. The summed E-state index contributed by atoms with van der Waals surface area (Å²) in [4.78, 5) is 11.6. The molecule has 9 nitrogen and oxygen atoms in total. The third-order valence-corrected chi connectivity index (χ3v) is 4.45. The highest BCUT2D eigenvalue weighted by Gasteiger charge is 2.12. The Morgan fingerprint density at radius 2 is 2.03 bits per heavy atom. The predicted octanol–water partition coefficient (Wildman–Crippen LogP) is 3.47. The van der Waals surface area contributed by atoms with E-state index in [0.717, 1.165) is 5.69 Å². The van der Waals surface area contributed by atoms with Crippen molar-refractivity contribution in [3.05, 3.63) is 71.0 Å². The number of halogens is 1. The van der Waals surface area contributed by atoms with Crippen LogP contribution in [0.25, 0.3) is 5.65 Å². The van der Waals surface area contributed by atoms with Crippen LogP contribution in [0.1, 0.15) is 16.2 Å². The molecule has 2 aromatic carbocycles. The molecule has 152 valence electrons. The fourth-order valence-corrected chi connectivity index (χ4v) is 2.96. The van der Waals surface area contributed by atoms with Gasteiger partial charge in [0.2, 0.25) is 0 Å². The highest BCUT2D eigenvalue weighted by Crippen LogP contribution is 2.24. The average Bonchev–Trinajstić information content (AvgIpc) is 3.14. The summed E-state index contributed by atoms with van der Waals surface area (Å²) in [6, 6.07) is 15.6. The van der Waals surface area contributed by atoms with Crippen molar-refractivity contribution < 1.29 is 14.3 Å². The Morgan fingerprint density at radius 1 is 1.17 bits per heavy atom. The summed E-state index contributed by atoms with van der Waals surface area (Å²) in [5.41, 5.74) is 8.00. The lowest BCUT2D eigenvalue weighted by atomic mass is 10.2. The van der Waals surface area contributed by atoms with Gasteiger partial charge in [-0.2, -0.15) is 4.52 Å². The van der Waals surface area contributed by atoms with E-state index in [0.29, 0.717) is 39.3 Å². The molecule has 0 amide bonds. The van der Waals surface area contributed by atoms with Crippen LogP contribution in [0.3, 0.4) is 0 Å². The first-order valence-corrected chi connectivity index (χ1v) is 9.26. The molecule has 4 aromatic rings. The Bertz CT molecular complexity index is 1230. The fraction of sp³-hybridized carbons (Fsp3) is 0.100. The lowest BCUT2D eigenvalue weighted by Gasteiger charge is -2.09. The van der Waals surface area contributed by atoms with Gasteiger partial charge >= 0.3 is 5.97 Å². The number of nitrogens with zero attached hydrogens (tertiary/aromatic N) is 4. The largest absolute Gasteiger partial charge is 0.483 e. The molecule has 0 spiro atoms. The van der Waals surface area contributed by atoms with E-state index in [1.807, 2.05) is 12.1 Å². The molecule has 2 aromatic heterocycles. The molecule has 3 N–H and O–H groups in total. The van der Waals surface area contributed by atoms with E-state index in [1.54, 1.807) is 40.9 Å². The van der Waals surface area contributed by atoms with E-state index >= 15 is 0 Å². The summed E-state index contributed by atoms with van der Waals surface area (Å²) in [5, 5.41) is 16.5. The molecule has 4 rings (SSSR count). The number of esters is 1. The van der Waals surface area contributed by atoms with Crippen LogP contribution in [-0.4, -0.2) is 32.9 Å². The molecule has 0 saturated carbocycles. The van der Waals surface area contributed by atoms with E-state index in [1.165, 1.54) is 13.2 Å². The second-order valence-electron chi connectivity index (χ2n) is 6.27. The number of hydrogen-bond acceptors (Lipinski definition) is 8. The fourth-order valence-electron chi connectivity index (χ4n) is 2.77. The number of aromatic nitrogens is 4. The first kappa shape index (κ1) is 19.5. The maximum Gasteiger partial charge on any atom is 0.337 e. The Hall–Kier alpha value is -3.85. The second kappa shape index (κ2) is 8.26. The summed E-state index contributed by atoms with van der Waals surface area (Å²) < 4.78 is 12.0. The van der Waals surface area contributed by atoms with Gasteiger partial charge in [0, 0.05) is 10.7 Å². The molecule has 0 radical (unpaired) electrons. The summed E-state index contributed by atoms with van der Waals surface area (Å²) >= 11 is 6.02. The van der Waals surface area contributed by atoms with Crippen LogP contribution in [0, 0.1) is 0 Å². The molecular weight excluding hydrogens is 408 g/mol. The third kappa shape index (κ3) is 4.11. The number of hydrogen-bond donors (Lipinski definition) is 2. The molecule has 0 aliphatic carbocycles. The number of rotatable bonds is 6. The molecule has 0 fully saturated rings. The summed E-state index contributed by atoms with van der Waals surface area (Å²) in [6.45, 7) is 0.0799. The van der Waals surface area contributed by atoms with Gasteiger partial charge in [-0.15, -0.1) is 15.3 Å². The first-order valence-electron chi connectivity index (χ1n) is 8.88. The number of fused-ring (bicyclic) bond motifs is 1. The van der Waals surface area contributed by atoms with Crippen LogP contribution in [0.2, 0.25) is 5.02 Å². The molecule has 30 heavy (non-hydrogen) atoms. The summed E-state index contributed by atoms with van der Waals surface area (Å²) in [7, 11) is 1.31. The molecule has 10 heteroatoms. The number of methoxy groups -OCH3 is 1. The lowest BCUT2D eigenvalue weighted by molar-refractivity contribution is 0.0600. The zero-order valence-electron chi connectivity index (χ0n) is 15.9. The number of nitrogens with one attached hydrogen (secondary N) is 1. The van der Waals surface area contributed by atoms with Gasteiger partial charge in [0.1, 0.15) is 12.4 Å². The first-order chi connectivity index (χ1) is 14.5. The summed E-state index contributed by atoms with van der Waals surface area (Å²) in [5.74, 6) is 1.01. The topological polar surface area (TPSA) is 117 Å². The van der Waals surface area contributed by atoms with Gasteiger partial charge in [-0.3, -0.25) is 0 Å². The molecule has 0 atom stereocenters.